The molecule has 0 aliphatic rings. The molecule has 0 saturated heterocycles. The van der Waals surface area contributed by atoms with E-state index in [0.29, 0.717) is 10.9 Å². The Morgan fingerprint density at radius 2 is 0.980 bits per heavy atom. The molecule has 40 heteroatoms. The van der Waals surface area contributed by atoms with Gasteiger partial charge in [0.25, 0.3) is 0 Å². The van der Waals surface area contributed by atoms with Crippen molar-refractivity contribution in [3.05, 3.63) is 54.2 Å². The third-order valence-corrected chi connectivity index (χ3v) is 15.7. The summed E-state index contributed by atoms with van der Waals surface area (Å²) in [6.07, 6.45) is 0.497. The van der Waals surface area contributed by atoms with E-state index in [9.17, 15) is 87.9 Å². The number of fused-ring (bicyclic) bond motifs is 1. The van der Waals surface area contributed by atoms with Crippen LogP contribution in [0, 0.1) is 5.92 Å². The normalized spacial score (nSPS) is 15.4. The van der Waals surface area contributed by atoms with Crippen LogP contribution in [0.4, 0.5) is 0 Å². The second kappa shape index (κ2) is 41.9. The van der Waals surface area contributed by atoms with E-state index >= 15 is 0 Å². The predicted octanol–water partition coefficient (Wildman–Crippen LogP) is -7.79. The van der Waals surface area contributed by atoms with Crippen molar-refractivity contribution in [2.75, 3.05) is 31.7 Å². The molecule has 0 bridgehead atoms. The maximum absolute atomic E-state index is 14.5. The summed E-state index contributed by atoms with van der Waals surface area (Å²) in [5.41, 5.74) is 29.1. The van der Waals surface area contributed by atoms with Crippen molar-refractivity contribution < 1.29 is 87.9 Å². The van der Waals surface area contributed by atoms with E-state index in [1.807, 2.05) is 0 Å². The van der Waals surface area contributed by atoms with Crippen LogP contribution in [0.3, 0.4) is 0 Å². The number of carbonyl (C=O) groups is 13. The van der Waals surface area contributed by atoms with Crippen LogP contribution < -0.4 is 87.2 Å². The number of H-pyrrole nitrogens is 2. The van der Waals surface area contributed by atoms with Crippen molar-refractivity contribution in [1.29, 1.82) is 0 Å². The SMILES string of the molecule is CSCC[C@H](NC(=O)[C@H](CC(=O)O)NC(=O)[C@H](CCCN=C(N)N)NC(=O)[C@@H](NC(=O)[C@H](Cc1cnc[nH]1)NC(=O)[C@@H](NC(=O)[C@H](C)NC(=O)[C@H](CO)NC(=O)[C@@H](NC(=O)[C@H](C)N)[C@@H](C)O)[C@@H](C)O)C(C)C)C(=O)N[C@@H](CCCN=C(N)N)C(=O)N[C@@H](Cc1c[nH]c2ccccc12)C(=O)O. The number of nitrogens with two attached hydrogens (primary N) is 5. The first-order valence-corrected chi connectivity index (χ1v) is 33.1. The number of guanidine groups is 2. The Morgan fingerprint density at radius 3 is 1.46 bits per heavy atom. The number of aliphatic hydroxyl groups is 3. The van der Waals surface area contributed by atoms with Crippen LogP contribution in [0.2, 0.25) is 0 Å². The summed E-state index contributed by atoms with van der Waals surface area (Å²) in [6.45, 7) is 6.57. The number of carboxylic acid groups (broad SMARTS) is 2. The highest BCUT2D eigenvalue weighted by molar-refractivity contribution is 7.98. The number of para-hydroxylation sites is 1. The summed E-state index contributed by atoms with van der Waals surface area (Å²) in [4.78, 5) is 194. The Kier molecular flexibility index (Phi) is 35.2. The number of imidazole rings is 1. The molecule has 0 fully saturated rings. The molecule has 11 amide bonds. The maximum atomic E-state index is 14.5. The molecular weight excluding hydrogens is 1330 g/mol. The topological polar surface area (TPSA) is 655 Å². The minimum absolute atomic E-state index is 0.0127. The lowest BCUT2D eigenvalue weighted by Crippen LogP contribution is -2.63. The highest BCUT2D eigenvalue weighted by Crippen LogP contribution is 2.20. The number of hydrogen-bond donors (Lipinski definition) is 23. The highest BCUT2D eigenvalue weighted by atomic mass is 32.2. The van der Waals surface area contributed by atoms with Crippen molar-refractivity contribution >= 4 is 112 Å². The summed E-state index contributed by atoms with van der Waals surface area (Å²) < 4.78 is 0. The second-order valence-corrected chi connectivity index (χ2v) is 24.8. The Labute approximate surface area is 578 Å². The van der Waals surface area contributed by atoms with Gasteiger partial charge in [0.05, 0.1) is 37.6 Å². The largest absolute Gasteiger partial charge is 0.481 e. The van der Waals surface area contributed by atoms with Crippen molar-refractivity contribution in [2.45, 2.75) is 178 Å². The highest BCUT2D eigenvalue weighted by Gasteiger charge is 2.38. The summed E-state index contributed by atoms with van der Waals surface area (Å²) in [5.74, 6) is -15.9. The quantitative estimate of drug-likeness (QED) is 0.0142. The molecule has 39 nitrogen and oxygen atoms in total. The Balaban J connectivity index is 1.89. The maximum Gasteiger partial charge on any atom is 0.326 e. The van der Waals surface area contributed by atoms with Crippen LogP contribution in [-0.4, -0.2) is 246 Å². The van der Waals surface area contributed by atoms with Gasteiger partial charge in [-0.2, -0.15) is 11.8 Å². The second-order valence-electron chi connectivity index (χ2n) is 23.8. The zero-order valence-corrected chi connectivity index (χ0v) is 57.2. The van der Waals surface area contributed by atoms with Gasteiger partial charge in [-0.25, -0.2) is 9.78 Å². The predicted molar refractivity (Wildman–Crippen MR) is 363 cm³/mol. The molecule has 0 spiro atoms. The summed E-state index contributed by atoms with van der Waals surface area (Å²) >= 11 is 1.25. The third kappa shape index (κ3) is 28.3. The van der Waals surface area contributed by atoms with Gasteiger partial charge < -0.3 is 123 Å². The van der Waals surface area contributed by atoms with E-state index in [1.165, 1.54) is 45.1 Å². The molecule has 0 radical (unpaired) electrons. The van der Waals surface area contributed by atoms with Gasteiger partial charge in [0.15, 0.2) is 11.9 Å². The summed E-state index contributed by atoms with van der Waals surface area (Å²) in [7, 11) is 0. The number of hydrogen-bond acceptors (Lipinski definition) is 21. The molecular formula is C60H95N21O18S. The standard InChI is InChI=1S/C60H95N21O18S/c1-27(2)44(79-53(93)39(21-33-24-66-26-70-33)76-56(96)46(31(6)84)81-48(88)29(4)71-54(94)42(25-82)78-57(97)45(30(5)83)80-47(87)28(3)61)55(95)74-37(15-11-18-68-60(64)65)49(89)75-40(22-43(85)86)52(92)73-38(16-19-100-7)51(91)72-36(14-10-17-67-59(62)63)50(90)77-41(58(98)99)20-32-23-69-35-13-9-8-12-34(32)35/h8-9,12-13,23-24,26-31,36-42,44-46,69,82-84H,10-11,14-22,25,61H2,1-7H3,(H,66,70)(H,71,94)(H,72,91)(H,73,92)(H,74,95)(H,75,89)(H,76,96)(H,77,90)(H,78,97)(H,79,93)(H,80,87)(H,81,88)(H,85,86)(H,98,99)(H4,62,63,67)(H4,64,65,68)/t28-,29-,30+,31+,36-,37-,38-,39-,40-,41-,42-,44-,45-,46-/m0/s1. The van der Waals surface area contributed by atoms with Gasteiger partial charge in [0.2, 0.25) is 65.0 Å². The average Bonchev–Trinajstić information content (AvgIpc) is 1.64. The fourth-order valence-corrected chi connectivity index (χ4v) is 10.1. The Bertz CT molecular complexity index is 3340. The molecule has 3 rings (SSSR count). The number of aliphatic hydroxyl groups excluding tert-OH is 3. The zero-order valence-electron chi connectivity index (χ0n) is 56.4. The number of carbonyl (C=O) groups excluding carboxylic acids is 11. The zero-order chi connectivity index (χ0) is 75.1. The van der Waals surface area contributed by atoms with Gasteiger partial charge in [0, 0.05) is 54.9 Å². The number of aromatic amines is 2. The van der Waals surface area contributed by atoms with Crippen molar-refractivity contribution in [2.24, 2.45) is 44.6 Å². The van der Waals surface area contributed by atoms with Crippen LogP contribution in [-0.2, 0) is 75.2 Å². The number of rotatable bonds is 44. The van der Waals surface area contributed by atoms with Crippen molar-refractivity contribution in [3.63, 3.8) is 0 Å². The van der Waals surface area contributed by atoms with Gasteiger partial charge in [-0.3, -0.25) is 67.5 Å². The number of aliphatic imine (C=N–C) groups is 2. The monoisotopic (exact) mass is 1430 g/mol. The molecule has 0 aliphatic carbocycles. The van der Waals surface area contributed by atoms with Crippen molar-refractivity contribution in [3.8, 4) is 0 Å². The average molecular weight is 1430 g/mol. The molecule has 14 atom stereocenters. The number of aliphatic carboxylic acids is 2. The van der Waals surface area contributed by atoms with Gasteiger partial charge >= 0.3 is 11.9 Å². The molecule has 0 saturated carbocycles. The molecule has 28 N–H and O–H groups in total. The Morgan fingerprint density at radius 1 is 0.530 bits per heavy atom. The fourth-order valence-electron chi connectivity index (χ4n) is 9.59. The summed E-state index contributed by atoms with van der Waals surface area (Å²) in [6, 6.07) is -12.1. The number of amides is 11. The minimum atomic E-state index is -1.96. The Hall–Kier alpha value is -10.2. The number of benzene rings is 1. The van der Waals surface area contributed by atoms with Crippen LogP contribution >= 0.6 is 11.8 Å². The number of nitrogens with zero attached hydrogens (tertiary/aromatic N) is 3. The molecule has 2 aromatic heterocycles. The summed E-state index contributed by atoms with van der Waals surface area (Å²) in [5, 5.41) is 78.1. The molecule has 0 aliphatic heterocycles. The van der Waals surface area contributed by atoms with Crippen molar-refractivity contribution in [1.82, 2.24) is 73.4 Å². The van der Waals surface area contributed by atoms with E-state index in [1.54, 1.807) is 36.7 Å². The first-order valence-electron chi connectivity index (χ1n) is 31.7. The van der Waals surface area contributed by atoms with E-state index in [2.05, 4.69) is 83.4 Å². The lowest BCUT2D eigenvalue weighted by Gasteiger charge is -2.29. The number of carboxylic acids is 2. The van der Waals surface area contributed by atoms with Gasteiger partial charge in [-0.05, 0) is 89.4 Å². The van der Waals surface area contributed by atoms with Gasteiger partial charge in [-0.1, -0.05) is 32.0 Å². The fraction of sp³-hybridized carbons (Fsp3) is 0.567. The van der Waals surface area contributed by atoms with Gasteiger partial charge in [0.1, 0.15) is 66.5 Å². The number of thioether (sulfide) groups is 1. The van der Waals surface area contributed by atoms with E-state index < -0.39 is 181 Å². The molecule has 0 unspecified atom stereocenters. The van der Waals surface area contributed by atoms with Crippen LogP contribution in [0.15, 0.2) is 53.0 Å². The van der Waals surface area contributed by atoms with E-state index in [4.69, 9.17) is 28.7 Å². The lowest BCUT2D eigenvalue weighted by atomic mass is 10.0. The van der Waals surface area contributed by atoms with E-state index in [-0.39, 0.29) is 81.4 Å². The number of nitrogens with one attached hydrogen (secondary N) is 13. The van der Waals surface area contributed by atoms with E-state index in [0.717, 1.165) is 26.3 Å². The first-order chi connectivity index (χ1) is 47.1. The van der Waals surface area contributed by atoms with Crippen LogP contribution in [0.5, 0.6) is 0 Å². The van der Waals surface area contributed by atoms with Gasteiger partial charge in [-0.15, -0.1) is 0 Å². The lowest BCUT2D eigenvalue weighted by molar-refractivity contribution is -0.142. The molecule has 2 heterocycles. The molecule has 554 valence electrons. The minimum Gasteiger partial charge on any atom is -0.481 e. The molecule has 100 heavy (non-hydrogen) atoms. The van der Waals surface area contributed by atoms with Crippen LogP contribution in [0.25, 0.3) is 10.9 Å². The van der Waals surface area contributed by atoms with Crippen LogP contribution in [0.1, 0.15) is 91.3 Å². The molecule has 1 aromatic carbocycles. The first kappa shape index (κ1) is 84.0. The smallest absolute Gasteiger partial charge is 0.326 e. The number of aromatic nitrogens is 3. The molecule has 3 aromatic rings. The third-order valence-electron chi connectivity index (χ3n) is 15.1.